The Morgan fingerprint density at radius 2 is 1.59 bits per heavy atom. The highest BCUT2D eigenvalue weighted by Gasteiger charge is 2.62. The average molecular weight is 607 g/mol. The number of allylic oxidation sites excluding steroid dienone is 1. The minimum absolute atomic E-state index is 0.00461. The molecule has 2 aliphatic carbocycles. The zero-order valence-corrected chi connectivity index (χ0v) is 30.1. The highest BCUT2D eigenvalue weighted by atomic mass is 28.4. The maximum absolute atomic E-state index is 14.7. The Hall–Kier alpha value is -1.23. The summed E-state index contributed by atoms with van der Waals surface area (Å²) in [6, 6.07) is 3.09. The first-order valence-corrected chi connectivity index (χ1v) is 21.4. The third kappa shape index (κ3) is 6.23. The first-order valence-electron chi connectivity index (χ1n) is 15.9. The molecule has 234 valence electrons. The highest BCUT2D eigenvalue weighted by Crippen LogP contribution is 2.57. The molecule has 0 N–H and O–H groups in total. The summed E-state index contributed by atoms with van der Waals surface area (Å²) in [5, 5.41) is 0.0365. The van der Waals surface area contributed by atoms with Crippen molar-refractivity contribution in [1.82, 2.24) is 0 Å². The van der Waals surface area contributed by atoms with Crippen LogP contribution in [0.25, 0.3) is 0 Å². The first-order chi connectivity index (χ1) is 18.8. The van der Waals surface area contributed by atoms with Gasteiger partial charge in [0.25, 0.3) is 0 Å². The van der Waals surface area contributed by atoms with Crippen LogP contribution in [0.2, 0.25) is 36.3 Å². The topological polar surface area (TPSA) is 71.1 Å². The highest BCUT2D eigenvalue weighted by molar-refractivity contribution is 6.74. The van der Waals surface area contributed by atoms with E-state index in [9.17, 15) is 9.59 Å². The third-order valence-corrected chi connectivity index (χ3v) is 20.6. The Morgan fingerprint density at radius 1 is 1.00 bits per heavy atom. The van der Waals surface area contributed by atoms with Crippen LogP contribution < -0.4 is 0 Å². The molecular weight excluding hydrogens is 549 g/mol. The zero-order chi connectivity index (χ0) is 31.2. The van der Waals surface area contributed by atoms with E-state index in [0.717, 1.165) is 18.1 Å². The standard InChI is InChI=1S/C33H58O6Si2/c1-14-18-19-26-33(11)21-25(39-41(15-2,16-3)17-4)27-22(5)24(38-40(12,13)31(6,7)8)20-23(32(27,9)10)28(34)29(33)37-30(35)36-26/h14,23-26,29H,1,15-21H2,2-13H3/t23-,24-,25+,26-,29+,33+/m0/s1. The lowest BCUT2D eigenvalue weighted by Crippen LogP contribution is -2.63. The molecule has 0 radical (unpaired) electrons. The summed E-state index contributed by atoms with van der Waals surface area (Å²) in [5.74, 6) is -0.367. The van der Waals surface area contributed by atoms with Gasteiger partial charge in [0.2, 0.25) is 0 Å². The van der Waals surface area contributed by atoms with Crippen LogP contribution in [0.5, 0.6) is 0 Å². The smallest absolute Gasteiger partial charge is 0.430 e. The molecular formula is C33H58O6Si2. The number of carbonyl (C=O) groups excluding carboxylic acids is 2. The number of hydrogen-bond donors (Lipinski definition) is 0. The van der Waals surface area contributed by atoms with Crippen molar-refractivity contribution in [3.63, 3.8) is 0 Å². The fraction of sp³-hybridized carbons (Fsp3) is 0.818. The molecule has 3 aliphatic rings. The fourth-order valence-corrected chi connectivity index (χ4v) is 11.6. The van der Waals surface area contributed by atoms with Gasteiger partial charge in [0.1, 0.15) is 6.10 Å². The van der Waals surface area contributed by atoms with Gasteiger partial charge in [-0.1, -0.05) is 68.4 Å². The summed E-state index contributed by atoms with van der Waals surface area (Å²) in [5.41, 5.74) is 1.26. The van der Waals surface area contributed by atoms with Gasteiger partial charge in [-0.25, -0.2) is 4.79 Å². The number of rotatable bonds is 10. The third-order valence-electron chi connectivity index (χ3n) is 11.5. The molecule has 1 aliphatic heterocycles. The van der Waals surface area contributed by atoms with Crippen LogP contribution in [0.1, 0.15) is 94.9 Å². The Balaban J connectivity index is 2.28. The lowest BCUT2D eigenvalue weighted by atomic mass is 9.55. The van der Waals surface area contributed by atoms with Crippen molar-refractivity contribution in [1.29, 1.82) is 0 Å². The van der Waals surface area contributed by atoms with Gasteiger partial charge in [0, 0.05) is 5.92 Å². The van der Waals surface area contributed by atoms with Gasteiger partial charge >= 0.3 is 6.16 Å². The monoisotopic (exact) mass is 606 g/mol. The van der Waals surface area contributed by atoms with Crippen molar-refractivity contribution in [2.45, 2.75) is 156 Å². The van der Waals surface area contributed by atoms with Crippen LogP contribution in [0, 0.1) is 16.7 Å². The van der Waals surface area contributed by atoms with E-state index in [1.165, 1.54) is 11.1 Å². The Bertz CT molecular complexity index is 1030. The van der Waals surface area contributed by atoms with E-state index in [1.807, 2.05) is 6.08 Å². The minimum Gasteiger partial charge on any atom is -0.430 e. The van der Waals surface area contributed by atoms with Crippen LogP contribution in [0.4, 0.5) is 4.79 Å². The van der Waals surface area contributed by atoms with Crippen molar-refractivity contribution >= 4 is 28.6 Å². The molecule has 0 aromatic carbocycles. The molecule has 2 bridgehead atoms. The number of hydrogen-bond acceptors (Lipinski definition) is 6. The molecule has 0 aromatic rings. The van der Waals surface area contributed by atoms with Gasteiger partial charge in [0.15, 0.2) is 28.5 Å². The van der Waals surface area contributed by atoms with Crippen molar-refractivity contribution in [3.05, 3.63) is 23.8 Å². The number of ether oxygens (including phenoxy) is 2. The Kier molecular flexibility index (Phi) is 10.1. The van der Waals surface area contributed by atoms with Crippen LogP contribution in [-0.4, -0.2) is 53.0 Å². The van der Waals surface area contributed by atoms with Gasteiger partial charge in [0.05, 0.1) is 17.6 Å². The largest absolute Gasteiger partial charge is 0.509 e. The van der Waals surface area contributed by atoms with Gasteiger partial charge < -0.3 is 18.3 Å². The van der Waals surface area contributed by atoms with E-state index in [2.05, 4.69) is 88.9 Å². The van der Waals surface area contributed by atoms with Gasteiger partial charge in [-0.2, -0.15) is 0 Å². The lowest BCUT2D eigenvalue weighted by molar-refractivity contribution is -0.182. The molecule has 3 rings (SSSR count). The SMILES string of the molecule is C=CCC[C@@H]1OC(=O)O[C@@H]2C(=O)[C@@H]3C[C@H](O[Si](C)(C)C(C)(C)C)C(C)=C([C@H](O[Si](CC)(CC)CC)C[C@]12C)C3(C)C. The molecule has 0 amide bonds. The molecule has 1 saturated carbocycles. The molecule has 6 nitrogen and oxygen atoms in total. The lowest BCUT2D eigenvalue weighted by Gasteiger charge is -2.56. The second-order valence-corrected chi connectivity index (χ2v) is 24.6. The van der Waals surface area contributed by atoms with Crippen molar-refractivity contribution in [2.75, 3.05) is 0 Å². The number of ketones is 1. The quantitative estimate of drug-likeness (QED) is 0.140. The molecule has 0 unspecified atom stereocenters. The zero-order valence-electron chi connectivity index (χ0n) is 28.1. The summed E-state index contributed by atoms with van der Waals surface area (Å²) in [6.45, 7) is 30.7. The van der Waals surface area contributed by atoms with Crippen LogP contribution in [0.3, 0.4) is 0 Å². The minimum atomic E-state index is -2.15. The van der Waals surface area contributed by atoms with E-state index in [1.54, 1.807) is 0 Å². The maximum atomic E-state index is 14.7. The Morgan fingerprint density at radius 3 is 2.10 bits per heavy atom. The van der Waals surface area contributed by atoms with Crippen LogP contribution in [0.15, 0.2) is 23.8 Å². The summed E-state index contributed by atoms with van der Waals surface area (Å²) < 4.78 is 26.3. The normalized spacial score (nSPS) is 32.4. The summed E-state index contributed by atoms with van der Waals surface area (Å²) in [6.07, 6.45) is 1.81. The molecule has 1 heterocycles. The second kappa shape index (κ2) is 12.0. The van der Waals surface area contributed by atoms with E-state index in [0.29, 0.717) is 25.7 Å². The predicted molar refractivity (Wildman–Crippen MR) is 171 cm³/mol. The summed E-state index contributed by atoms with van der Waals surface area (Å²) in [4.78, 5) is 27.5. The average Bonchev–Trinajstić information content (AvgIpc) is 2.87. The fourth-order valence-electron chi connectivity index (χ4n) is 7.41. The van der Waals surface area contributed by atoms with Gasteiger partial charge in [-0.05, 0) is 85.4 Å². The maximum Gasteiger partial charge on any atom is 0.509 e. The summed E-state index contributed by atoms with van der Waals surface area (Å²) >= 11 is 0. The van der Waals surface area contributed by atoms with Crippen molar-refractivity contribution in [3.8, 4) is 0 Å². The molecule has 41 heavy (non-hydrogen) atoms. The first kappa shape index (κ1) is 34.3. The summed E-state index contributed by atoms with van der Waals surface area (Å²) in [7, 11) is -4.22. The van der Waals surface area contributed by atoms with Gasteiger partial charge in [-0.15, -0.1) is 6.58 Å². The number of fused-ring (bicyclic) bond motifs is 3. The number of carbonyl (C=O) groups is 2. The number of cyclic esters (lactones) is 1. The van der Waals surface area contributed by atoms with Crippen LogP contribution >= 0.6 is 0 Å². The van der Waals surface area contributed by atoms with Gasteiger partial charge in [-0.3, -0.25) is 4.79 Å². The predicted octanol–water partition coefficient (Wildman–Crippen LogP) is 8.98. The molecule has 8 heteroatoms. The van der Waals surface area contributed by atoms with Crippen molar-refractivity contribution < 1.29 is 27.9 Å². The van der Waals surface area contributed by atoms with Crippen LogP contribution in [-0.2, 0) is 23.1 Å². The molecule has 6 atom stereocenters. The second-order valence-electron chi connectivity index (χ2n) is 15.2. The van der Waals surface area contributed by atoms with E-state index < -0.39 is 45.8 Å². The number of Topliss-reactive ketones (excluding diaryl/α,β-unsaturated/α-hetero) is 1. The molecule has 0 spiro atoms. The Labute approximate surface area is 252 Å². The van der Waals surface area contributed by atoms with E-state index in [-0.39, 0.29) is 28.9 Å². The molecule has 0 aromatic heterocycles. The van der Waals surface area contributed by atoms with E-state index in [4.69, 9.17) is 18.3 Å². The van der Waals surface area contributed by atoms with Crippen molar-refractivity contribution in [2.24, 2.45) is 16.7 Å². The van der Waals surface area contributed by atoms with E-state index >= 15 is 0 Å². The molecule has 1 saturated heterocycles. The molecule has 2 fully saturated rings.